The van der Waals surface area contributed by atoms with Gasteiger partial charge >= 0.3 is 0 Å². The zero-order valence-corrected chi connectivity index (χ0v) is 9.51. The van der Waals surface area contributed by atoms with E-state index in [-0.39, 0.29) is 11.6 Å². The molecule has 0 bridgehead atoms. The van der Waals surface area contributed by atoms with Gasteiger partial charge < -0.3 is 10.5 Å². The maximum absolute atomic E-state index is 6.44. The lowest BCUT2D eigenvalue weighted by molar-refractivity contribution is 0.0764. The van der Waals surface area contributed by atoms with Gasteiger partial charge in [-0.25, -0.2) is 0 Å². The van der Waals surface area contributed by atoms with Crippen LogP contribution in [0.1, 0.15) is 52.4 Å². The third-order valence-corrected chi connectivity index (χ3v) is 4.31. The summed E-state index contributed by atoms with van der Waals surface area (Å²) in [4.78, 5) is 0. The molecule has 1 saturated carbocycles. The first-order valence-electron chi connectivity index (χ1n) is 5.95. The molecule has 1 aliphatic carbocycles. The van der Waals surface area contributed by atoms with Gasteiger partial charge in [0, 0.05) is 12.1 Å². The fourth-order valence-electron chi connectivity index (χ4n) is 3.23. The Labute approximate surface area is 87.2 Å². The Hall–Kier alpha value is -0.0800. The van der Waals surface area contributed by atoms with Crippen LogP contribution in [0.15, 0.2) is 0 Å². The van der Waals surface area contributed by atoms with E-state index in [9.17, 15) is 0 Å². The van der Waals surface area contributed by atoms with Gasteiger partial charge in [-0.2, -0.15) is 0 Å². The van der Waals surface area contributed by atoms with E-state index in [1.807, 2.05) is 0 Å². The van der Waals surface area contributed by atoms with Crippen molar-refractivity contribution < 1.29 is 4.74 Å². The molecular formula is C12H23NO. The van der Waals surface area contributed by atoms with Crippen molar-refractivity contribution in [2.24, 2.45) is 11.1 Å². The first-order chi connectivity index (χ1) is 6.54. The summed E-state index contributed by atoms with van der Waals surface area (Å²) in [6.07, 6.45) is 7.95. The van der Waals surface area contributed by atoms with E-state index < -0.39 is 0 Å². The molecule has 2 heteroatoms. The van der Waals surface area contributed by atoms with E-state index in [1.165, 1.54) is 25.7 Å². The van der Waals surface area contributed by atoms with Crippen molar-refractivity contribution in [3.05, 3.63) is 0 Å². The van der Waals surface area contributed by atoms with Crippen LogP contribution >= 0.6 is 0 Å². The first-order valence-corrected chi connectivity index (χ1v) is 5.95. The Morgan fingerprint density at radius 3 is 2.43 bits per heavy atom. The van der Waals surface area contributed by atoms with Crippen LogP contribution in [0.2, 0.25) is 0 Å². The van der Waals surface area contributed by atoms with E-state index in [1.54, 1.807) is 0 Å². The molecule has 82 valence electrons. The molecule has 0 spiro atoms. The minimum atomic E-state index is -0.0426. The summed E-state index contributed by atoms with van der Waals surface area (Å²) in [6, 6.07) is 0. The maximum Gasteiger partial charge on any atom is 0.0727 e. The molecule has 1 saturated heterocycles. The normalized spacial score (nSPS) is 41.8. The average molecular weight is 197 g/mol. The summed E-state index contributed by atoms with van der Waals surface area (Å²) in [6.45, 7) is 5.39. The minimum absolute atomic E-state index is 0.0426. The lowest BCUT2D eigenvalue weighted by Crippen LogP contribution is -2.49. The molecule has 0 aromatic heterocycles. The zero-order chi connectivity index (χ0) is 10.2. The third-order valence-electron chi connectivity index (χ3n) is 4.31. The van der Waals surface area contributed by atoms with Gasteiger partial charge in [-0.1, -0.05) is 19.8 Å². The summed E-state index contributed by atoms with van der Waals surface area (Å²) >= 11 is 0. The molecule has 0 radical (unpaired) electrons. The van der Waals surface area contributed by atoms with Gasteiger partial charge in [0.1, 0.15) is 0 Å². The molecule has 0 aromatic rings. The Morgan fingerprint density at radius 2 is 1.93 bits per heavy atom. The van der Waals surface area contributed by atoms with Crippen molar-refractivity contribution in [1.82, 2.24) is 0 Å². The molecule has 2 unspecified atom stereocenters. The van der Waals surface area contributed by atoms with Crippen LogP contribution in [0.4, 0.5) is 0 Å². The fourth-order valence-corrected chi connectivity index (χ4v) is 3.23. The lowest BCUT2D eigenvalue weighted by atomic mass is 9.73. The summed E-state index contributed by atoms with van der Waals surface area (Å²) in [5, 5.41) is 0. The average Bonchev–Trinajstić information content (AvgIpc) is 2.62. The van der Waals surface area contributed by atoms with Gasteiger partial charge in [-0.3, -0.25) is 0 Å². The number of nitrogens with two attached hydrogens (primary N) is 1. The smallest absolute Gasteiger partial charge is 0.0727 e. The van der Waals surface area contributed by atoms with Crippen LogP contribution in [0, 0.1) is 5.41 Å². The molecule has 2 rings (SSSR count). The monoisotopic (exact) mass is 197 g/mol. The van der Waals surface area contributed by atoms with Crippen LogP contribution in [0.5, 0.6) is 0 Å². The molecule has 0 amide bonds. The highest BCUT2D eigenvalue weighted by Gasteiger charge is 2.44. The minimum Gasteiger partial charge on any atom is -0.377 e. The standard InChI is InChI=1S/C12H23NO/c1-10-12(13,7-8-14-10)9-11(2)5-3-4-6-11/h10H,3-9,13H2,1-2H3. The van der Waals surface area contributed by atoms with Crippen molar-refractivity contribution in [2.75, 3.05) is 6.61 Å². The van der Waals surface area contributed by atoms with Gasteiger partial charge in [-0.15, -0.1) is 0 Å². The predicted octanol–water partition coefficient (Wildman–Crippen LogP) is 2.46. The van der Waals surface area contributed by atoms with Gasteiger partial charge in [0.25, 0.3) is 0 Å². The van der Waals surface area contributed by atoms with E-state index in [2.05, 4.69) is 13.8 Å². The molecule has 2 nitrogen and oxygen atoms in total. The summed E-state index contributed by atoms with van der Waals surface area (Å²) < 4.78 is 5.60. The molecule has 2 N–H and O–H groups in total. The third kappa shape index (κ3) is 1.82. The molecule has 2 fully saturated rings. The number of hydrogen-bond acceptors (Lipinski definition) is 2. The van der Waals surface area contributed by atoms with Crippen molar-refractivity contribution in [1.29, 1.82) is 0 Å². The molecule has 1 heterocycles. The van der Waals surface area contributed by atoms with E-state index in [0.717, 1.165) is 19.4 Å². The SMILES string of the molecule is CC1OCCC1(N)CC1(C)CCCC1. The molecule has 2 atom stereocenters. The van der Waals surface area contributed by atoms with E-state index in [4.69, 9.17) is 10.5 Å². The van der Waals surface area contributed by atoms with Crippen molar-refractivity contribution in [2.45, 2.75) is 64.0 Å². The number of hydrogen-bond donors (Lipinski definition) is 1. The maximum atomic E-state index is 6.44. The summed E-state index contributed by atoms with van der Waals surface area (Å²) in [7, 11) is 0. The van der Waals surface area contributed by atoms with Crippen molar-refractivity contribution in [3.63, 3.8) is 0 Å². The van der Waals surface area contributed by atoms with Crippen LogP contribution in [-0.2, 0) is 4.74 Å². The number of ether oxygens (including phenoxy) is 1. The molecule has 1 aliphatic heterocycles. The Morgan fingerprint density at radius 1 is 1.29 bits per heavy atom. The van der Waals surface area contributed by atoms with Crippen LogP contribution in [0.3, 0.4) is 0 Å². The molecule has 0 aromatic carbocycles. The van der Waals surface area contributed by atoms with Crippen molar-refractivity contribution in [3.8, 4) is 0 Å². The van der Waals surface area contributed by atoms with E-state index >= 15 is 0 Å². The first kappa shape index (κ1) is 10.4. The fraction of sp³-hybridized carbons (Fsp3) is 1.00. The number of rotatable bonds is 2. The Bertz CT molecular complexity index is 210. The zero-order valence-electron chi connectivity index (χ0n) is 9.51. The molecule has 14 heavy (non-hydrogen) atoms. The van der Waals surface area contributed by atoms with Crippen molar-refractivity contribution >= 4 is 0 Å². The molecule has 2 aliphatic rings. The van der Waals surface area contributed by atoms with E-state index in [0.29, 0.717) is 5.41 Å². The second-order valence-electron chi connectivity index (χ2n) is 5.69. The summed E-state index contributed by atoms with van der Waals surface area (Å²) in [5.41, 5.74) is 6.90. The quantitative estimate of drug-likeness (QED) is 0.738. The lowest BCUT2D eigenvalue weighted by Gasteiger charge is -2.36. The Kier molecular flexibility index (Phi) is 2.61. The highest BCUT2D eigenvalue weighted by molar-refractivity contribution is 5.00. The Balaban J connectivity index is 2.01. The highest BCUT2D eigenvalue weighted by atomic mass is 16.5. The van der Waals surface area contributed by atoms with Crippen LogP contribution in [-0.4, -0.2) is 18.2 Å². The topological polar surface area (TPSA) is 35.2 Å². The van der Waals surface area contributed by atoms with Crippen LogP contribution in [0.25, 0.3) is 0 Å². The predicted molar refractivity (Wildman–Crippen MR) is 58.1 cm³/mol. The summed E-state index contributed by atoms with van der Waals surface area (Å²) in [5.74, 6) is 0. The molecular weight excluding hydrogens is 174 g/mol. The van der Waals surface area contributed by atoms with Gasteiger partial charge in [-0.05, 0) is 38.0 Å². The van der Waals surface area contributed by atoms with Gasteiger partial charge in [0.05, 0.1) is 6.10 Å². The second kappa shape index (κ2) is 3.49. The second-order valence-corrected chi connectivity index (χ2v) is 5.69. The largest absolute Gasteiger partial charge is 0.377 e. The van der Waals surface area contributed by atoms with Crippen LogP contribution < -0.4 is 5.73 Å². The highest BCUT2D eigenvalue weighted by Crippen LogP contribution is 2.45. The van der Waals surface area contributed by atoms with Gasteiger partial charge in [0.15, 0.2) is 0 Å². The van der Waals surface area contributed by atoms with Gasteiger partial charge in [0.2, 0.25) is 0 Å².